The normalized spacial score (nSPS) is 30.1. The van der Waals surface area contributed by atoms with E-state index < -0.39 is 55.6 Å². The predicted molar refractivity (Wildman–Crippen MR) is 153 cm³/mol. The molecule has 0 amide bonds. The van der Waals surface area contributed by atoms with Crippen molar-refractivity contribution in [1.29, 1.82) is 0 Å². The molecule has 1 aromatic carbocycles. The predicted octanol–water partition coefficient (Wildman–Crippen LogP) is 2.88. The van der Waals surface area contributed by atoms with E-state index in [1.165, 1.54) is 30.0 Å². The van der Waals surface area contributed by atoms with Gasteiger partial charge in [-0.15, -0.1) is 0 Å². The van der Waals surface area contributed by atoms with Gasteiger partial charge in [-0.25, -0.2) is 13.9 Å². The third kappa shape index (κ3) is 5.12. The van der Waals surface area contributed by atoms with Crippen LogP contribution in [0.3, 0.4) is 0 Å². The topological polar surface area (TPSA) is 176 Å². The van der Waals surface area contributed by atoms with Crippen molar-refractivity contribution >= 4 is 36.6 Å². The van der Waals surface area contributed by atoms with Crippen LogP contribution in [0.25, 0.3) is 11.2 Å². The molecule has 4 N–H and O–H groups in total. The Morgan fingerprint density at radius 1 is 1.28 bits per heavy atom. The summed E-state index contributed by atoms with van der Waals surface area (Å²) in [4.78, 5) is 27.5. The number of aliphatic hydroxyl groups is 1. The number of benzene rings is 1. The molecule has 2 saturated carbocycles. The van der Waals surface area contributed by atoms with Crippen molar-refractivity contribution in [2.24, 2.45) is 0 Å². The smallest absolute Gasteiger partial charge is 0.459 e. The number of esters is 1. The van der Waals surface area contributed by atoms with E-state index in [-0.39, 0.29) is 17.3 Å². The molecule has 1 saturated heterocycles. The van der Waals surface area contributed by atoms with Gasteiger partial charge in [0.05, 0.1) is 12.4 Å². The number of carbonyl (C=O) groups is 1. The number of alkyl halides is 1. The van der Waals surface area contributed by atoms with E-state index in [9.17, 15) is 14.5 Å². The summed E-state index contributed by atoms with van der Waals surface area (Å²) in [7, 11) is -2.52. The summed E-state index contributed by atoms with van der Waals surface area (Å²) in [6.45, 7) is 5.94. The van der Waals surface area contributed by atoms with Crippen LogP contribution in [0.4, 0.5) is 16.2 Å². The highest BCUT2D eigenvalue weighted by Crippen LogP contribution is 2.66. The van der Waals surface area contributed by atoms with Crippen LogP contribution >= 0.6 is 7.75 Å². The number of nitrogens with one attached hydrogen (secondary N) is 1. The number of carbonyl (C=O) groups excluding carboxylic acids is 1. The van der Waals surface area contributed by atoms with Crippen molar-refractivity contribution in [2.75, 3.05) is 17.7 Å². The number of imidazole rings is 1. The van der Waals surface area contributed by atoms with Crippen molar-refractivity contribution in [3.05, 3.63) is 36.7 Å². The lowest BCUT2D eigenvalue weighted by Crippen LogP contribution is -2.45. The molecule has 0 bridgehead atoms. The van der Waals surface area contributed by atoms with Gasteiger partial charge in [0.1, 0.15) is 24.0 Å². The van der Waals surface area contributed by atoms with Crippen LogP contribution in [0.15, 0.2) is 36.7 Å². The molecule has 1 unspecified atom stereocenters. The number of halogens is 1. The number of nitrogens with two attached hydrogens (primary N) is 1. The van der Waals surface area contributed by atoms with Crippen LogP contribution in [0.1, 0.15) is 46.8 Å². The number of ether oxygens (including phenoxy) is 2. The van der Waals surface area contributed by atoms with Crippen LogP contribution in [0.2, 0.25) is 0 Å². The van der Waals surface area contributed by atoms with Gasteiger partial charge < -0.3 is 29.7 Å². The first kappa shape index (κ1) is 29.7. The fourth-order valence-corrected chi connectivity index (χ4v) is 7.12. The first-order valence-electron chi connectivity index (χ1n) is 14.1. The third-order valence-corrected chi connectivity index (χ3v) is 9.60. The van der Waals surface area contributed by atoms with Crippen LogP contribution in [-0.2, 0) is 23.4 Å². The quantitative estimate of drug-likeness (QED) is 0.211. The summed E-state index contributed by atoms with van der Waals surface area (Å²) in [6, 6.07) is 7.30. The second-order valence-electron chi connectivity index (χ2n) is 11.6. The maximum Gasteiger partial charge on any atom is 0.459 e. The Hall–Kier alpha value is -3.36. The van der Waals surface area contributed by atoms with E-state index >= 15 is 4.39 Å². The van der Waals surface area contributed by atoms with Gasteiger partial charge in [0.2, 0.25) is 5.95 Å². The summed E-state index contributed by atoms with van der Waals surface area (Å²) in [5, 5.41) is 14.1. The van der Waals surface area contributed by atoms with Gasteiger partial charge in [-0.05, 0) is 52.7 Å². The van der Waals surface area contributed by atoms with Crippen molar-refractivity contribution in [2.45, 2.75) is 88.4 Å². The molecule has 43 heavy (non-hydrogen) atoms. The second kappa shape index (κ2) is 10.4. The number of hydrogen-bond donors (Lipinski definition) is 3. The molecule has 3 aliphatic rings. The Morgan fingerprint density at radius 3 is 2.58 bits per heavy atom. The van der Waals surface area contributed by atoms with Gasteiger partial charge >= 0.3 is 13.7 Å². The van der Waals surface area contributed by atoms with Gasteiger partial charge in [0.25, 0.3) is 0 Å². The first-order valence-corrected chi connectivity index (χ1v) is 15.6. The summed E-state index contributed by atoms with van der Waals surface area (Å²) in [5.74, 6) is -0.0357. The largest absolute Gasteiger partial charge is 0.462 e. The summed E-state index contributed by atoms with van der Waals surface area (Å²) < 4.78 is 54.6. The van der Waals surface area contributed by atoms with Crippen molar-refractivity contribution < 1.29 is 37.4 Å². The summed E-state index contributed by atoms with van der Waals surface area (Å²) in [6.07, 6.45) is -1.04. The van der Waals surface area contributed by atoms with E-state index in [1.54, 1.807) is 32.0 Å². The molecule has 2 aliphatic carbocycles. The summed E-state index contributed by atoms with van der Waals surface area (Å²) in [5.41, 5.74) is 1.96. The maximum atomic E-state index is 16.7. The van der Waals surface area contributed by atoms with Gasteiger partial charge in [-0.3, -0.25) is 13.9 Å². The second-order valence-corrected chi connectivity index (χ2v) is 13.3. The van der Waals surface area contributed by atoms with Crippen LogP contribution in [0, 0.1) is 0 Å². The Bertz CT molecular complexity index is 1590. The van der Waals surface area contributed by atoms with E-state index in [4.69, 9.17) is 24.3 Å². The molecule has 16 heteroatoms. The third-order valence-electron chi connectivity index (χ3n) is 7.94. The fraction of sp³-hybridized carbons (Fsp3) is 0.556. The average Bonchev–Trinajstić information content (AvgIpc) is 3.81. The van der Waals surface area contributed by atoms with Crippen LogP contribution < -0.4 is 20.2 Å². The highest BCUT2D eigenvalue weighted by molar-refractivity contribution is 7.52. The van der Waals surface area contributed by atoms with Gasteiger partial charge in [0, 0.05) is 13.1 Å². The zero-order valence-electron chi connectivity index (χ0n) is 24.4. The molecule has 3 aromatic rings. The van der Waals surface area contributed by atoms with E-state index in [1.807, 2.05) is 11.9 Å². The minimum atomic E-state index is -4.41. The molecule has 3 heterocycles. The highest BCUT2D eigenvalue weighted by Gasteiger charge is 2.85. The number of fused-ring (bicyclic) bond motifs is 2. The number of nitrogens with zero attached hydrogens (tertiary/aromatic N) is 5. The maximum absolute atomic E-state index is 16.7. The number of nitrogen functional groups attached to an aromatic ring is 1. The molecule has 1 aliphatic heterocycles. The highest BCUT2D eigenvalue weighted by atomic mass is 31.2. The SMILES string of the molecule is CC(C)OC(=O)[C@H](C)N[P@@](=O)(Oc1ccccc1)OC1[C@H]2O[C@@H](n3cnc4c(N(C)C5CC5)nc(N)nc43)[C@](C)(F)[C@@]12O. The lowest BCUT2D eigenvalue weighted by molar-refractivity contribution is -0.149. The molecule has 6 rings (SSSR count). The Kier molecular flexibility index (Phi) is 7.17. The van der Waals surface area contributed by atoms with Crippen molar-refractivity contribution in [3.8, 4) is 5.75 Å². The van der Waals surface area contributed by atoms with Crippen LogP contribution in [-0.4, -0.2) is 79.3 Å². The molecule has 0 spiro atoms. The van der Waals surface area contributed by atoms with Gasteiger partial charge in [-0.2, -0.15) is 15.1 Å². The molecule has 2 aromatic heterocycles. The molecule has 7 atom stereocenters. The van der Waals surface area contributed by atoms with Gasteiger partial charge in [0.15, 0.2) is 34.5 Å². The zero-order valence-corrected chi connectivity index (χ0v) is 25.3. The average molecular weight is 620 g/mol. The Balaban J connectivity index is 1.26. The first-order chi connectivity index (χ1) is 20.2. The van der Waals surface area contributed by atoms with Crippen molar-refractivity contribution in [1.82, 2.24) is 24.6 Å². The fourth-order valence-electron chi connectivity index (χ4n) is 5.41. The summed E-state index contributed by atoms with van der Waals surface area (Å²) >= 11 is 0. The number of rotatable bonds is 11. The molecule has 232 valence electrons. The van der Waals surface area contributed by atoms with E-state index in [0.717, 1.165) is 19.8 Å². The molecule has 3 fully saturated rings. The minimum Gasteiger partial charge on any atom is -0.462 e. The molecular formula is C27H35FN7O7P. The molecular weight excluding hydrogens is 584 g/mol. The number of para-hydroxylation sites is 1. The Labute approximate surface area is 247 Å². The van der Waals surface area contributed by atoms with Gasteiger partial charge in [-0.1, -0.05) is 18.2 Å². The van der Waals surface area contributed by atoms with E-state index in [0.29, 0.717) is 17.4 Å². The monoisotopic (exact) mass is 619 g/mol. The number of aromatic nitrogens is 4. The van der Waals surface area contributed by atoms with E-state index in [2.05, 4.69) is 20.0 Å². The number of hydrogen-bond acceptors (Lipinski definition) is 12. The van der Waals surface area contributed by atoms with Crippen LogP contribution in [0.5, 0.6) is 5.75 Å². The number of anilines is 2. The molecule has 0 radical (unpaired) electrons. The minimum absolute atomic E-state index is 0.0180. The molecule has 14 nitrogen and oxygen atoms in total. The Morgan fingerprint density at radius 2 is 1.98 bits per heavy atom. The lowest BCUT2D eigenvalue weighted by atomic mass is 9.97. The zero-order chi connectivity index (χ0) is 30.9. The van der Waals surface area contributed by atoms with Crippen molar-refractivity contribution in [3.63, 3.8) is 0 Å². The lowest BCUT2D eigenvalue weighted by Gasteiger charge is -2.32. The standard InChI is InChI=1S/C27H35FN7O7P/c1-14(2)39-23(36)15(3)33-43(38,41-17-9-7-6-8-10-17)42-20-19-27(20,37)26(4,28)24(40-19)35-13-30-18-21(34(5)16-11-12-16)31-25(29)32-22(18)35/h6-10,13-16,19-20,24,37H,11-12H2,1-5H3,(H,33,38)(H2,29,31,32)/t15-,19+,20?,24+,26-,27-,43+/m0/s1.